The first-order chi connectivity index (χ1) is 12.2. The molecule has 7 nitrogen and oxygen atoms in total. The van der Waals surface area contributed by atoms with Gasteiger partial charge in [-0.2, -0.15) is 0 Å². The Morgan fingerprint density at radius 1 is 1.24 bits per heavy atom. The third kappa shape index (κ3) is 3.21. The van der Waals surface area contributed by atoms with Gasteiger partial charge in [0.05, 0.1) is 24.4 Å². The molecular formula is C18H17N5O2. The highest BCUT2D eigenvalue weighted by Crippen LogP contribution is 2.23. The number of fused-ring (bicyclic) bond motifs is 1. The molecule has 0 saturated carbocycles. The predicted molar refractivity (Wildman–Crippen MR) is 91.8 cm³/mol. The largest absolute Gasteiger partial charge is 0.508 e. The number of carbonyl (C=O) groups is 1. The van der Waals surface area contributed by atoms with Gasteiger partial charge in [-0.3, -0.25) is 4.79 Å². The van der Waals surface area contributed by atoms with Crippen molar-refractivity contribution in [1.29, 1.82) is 0 Å². The predicted octanol–water partition coefficient (Wildman–Crippen LogP) is 2.25. The summed E-state index contributed by atoms with van der Waals surface area (Å²) in [7, 11) is 0. The highest BCUT2D eigenvalue weighted by Gasteiger charge is 2.25. The van der Waals surface area contributed by atoms with Crippen LogP contribution in [0.2, 0.25) is 0 Å². The zero-order chi connectivity index (χ0) is 17.2. The van der Waals surface area contributed by atoms with Crippen LogP contribution < -0.4 is 5.32 Å². The van der Waals surface area contributed by atoms with Gasteiger partial charge in [0.25, 0.3) is 0 Å². The number of aromatic nitrogens is 4. The Bertz CT molecular complexity index is 904. The fourth-order valence-corrected chi connectivity index (χ4v) is 3.02. The molecule has 0 fully saturated rings. The number of nitrogens with zero attached hydrogens (tertiary/aromatic N) is 4. The van der Waals surface area contributed by atoms with Crippen molar-refractivity contribution >= 4 is 11.6 Å². The molecule has 0 radical (unpaired) electrons. The normalized spacial score (nSPS) is 16.2. The molecule has 0 unspecified atom stereocenters. The van der Waals surface area contributed by atoms with Gasteiger partial charge in [0.2, 0.25) is 5.91 Å². The number of hydrogen-bond acceptors (Lipinski definition) is 5. The minimum Gasteiger partial charge on any atom is -0.508 e. The highest BCUT2D eigenvalue weighted by molar-refractivity contribution is 5.92. The van der Waals surface area contributed by atoms with E-state index in [0.29, 0.717) is 17.9 Å². The summed E-state index contributed by atoms with van der Waals surface area (Å²) in [4.78, 5) is 25.1. The van der Waals surface area contributed by atoms with Gasteiger partial charge in [-0.05, 0) is 18.6 Å². The summed E-state index contributed by atoms with van der Waals surface area (Å²) >= 11 is 0. The molecular weight excluding hydrogens is 318 g/mol. The number of anilines is 1. The summed E-state index contributed by atoms with van der Waals surface area (Å²) in [6.07, 6.45) is 8.25. The smallest absolute Gasteiger partial charge is 0.228 e. The maximum atomic E-state index is 12.5. The van der Waals surface area contributed by atoms with Crippen molar-refractivity contribution in [3.05, 3.63) is 54.9 Å². The summed E-state index contributed by atoms with van der Waals surface area (Å²) in [5.41, 5.74) is 2.37. The topological polar surface area (TPSA) is 92.9 Å². The standard InChI is InChI=1S/C18H17N5O2/c24-16-3-1-2-12(7-16)17-20-8-14(9-21-17)22-18(25)13-4-5-23-11-19-10-15(23)6-13/h1-3,7-11,13,24H,4-6H2,(H,22,25)/t13-/m0/s1. The Balaban J connectivity index is 1.44. The minimum absolute atomic E-state index is 0.0267. The number of carbonyl (C=O) groups excluding carboxylic acids is 1. The molecule has 2 N–H and O–H groups in total. The average Bonchev–Trinajstić information content (AvgIpc) is 3.10. The van der Waals surface area contributed by atoms with E-state index in [-0.39, 0.29) is 17.6 Å². The molecule has 0 aliphatic carbocycles. The van der Waals surface area contributed by atoms with E-state index >= 15 is 0 Å². The molecule has 0 bridgehead atoms. The number of aryl methyl sites for hydroxylation is 1. The first-order valence-electron chi connectivity index (χ1n) is 8.10. The van der Waals surface area contributed by atoms with Crippen molar-refractivity contribution in [3.63, 3.8) is 0 Å². The maximum absolute atomic E-state index is 12.5. The summed E-state index contributed by atoms with van der Waals surface area (Å²) in [6.45, 7) is 0.806. The van der Waals surface area contributed by atoms with Crippen LogP contribution in [0, 0.1) is 5.92 Å². The van der Waals surface area contributed by atoms with Gasteiger partial charge in [-0.15, -0.1) is 0 Å². The molecule has 3 heterocycles. The number of hydrogen-bond donors (Lipinski definition) is 2. The molecule has 2 aromatic heterocycles. The highest BCUT2D eigenvalue weighted by atomic mass is 16.3. The Hall–Kier alpha value is -3.22. The van der Waals surface area contributed by atoms with Crippen molar-refractivity contribution in [2.45, 2.75) is 19.4 Å². The molecule has 0 spiro atoms. The van der Waals surface area contributed by atoms with Crippen LogP contribution in [0.4, 0.5) is 5.69 Å². The van der Waals surface area contributed by atoms with E-state index in [0.717, 1.165) is 24.2 Å². The van der Waals surface area contributed by atoms with E-state index in [1.807, 2.05) is 12.3 Å². The second-order valence-electron chi connectivity index (χ2n) is 6.10. The van der Waals surface area contributed by atoms with E-state index in [9.17, 15) is 9.90 Å². The molecule has 1 aliphatic heterocycles. The monoisotopic (exact) mass is 335 g/mol. The molecule has 1 aliphatic rings. The average molecular weight is 335 g/mol. The van der Waals surface area contributed by atoms with Gasteiger partial charge in [0, 0.05) is 36.3 Å². The number of rotatable bonds is 3. The lowest BCUT2D eigenvalue weighted by molar-refractivity contribution is -0.120. The van der Waals surface area contributed by atoms with Crippen molar-refractivity contribution in [3.8, 4) is 17.1 Å². The van der Waals surface area contributed by atoms with Crippen LogP contribution in [-0.2, 0) is 17.8 Å². The van der Waals surface area contributed by atoms with Crippen LogP contribution in [0.15, 0.2) is 49.2 Å². The van der Waals surface area contributed by atoms with E-state index < -0.39 is 0 Å². The van der Waals surface area contributed by atoms with Gasteiger partial charge < -0.3 is 15.0 Å². The Kier molecular flexibility index (Phi) is 3.89. The number of phenolic OH excluding ortho intramolecular Hbond substituents is 1. The van der Waals surface area contributed by atoms with Crippen molar-refractivity contribution in [1.82, 2.24) is 19.5 Å². The summed E-state index contributed by atoms with van der Waals surface area (Å²) < 4.78 is 2.08. The quantitative estimate of drug-likeness (QED) is 0.766. The van der Waals surface area contributed by atoms with E-state index in [1.165, 1.54) is 0 Å². The lowest BCUT2D eigenvalue weighted by Gasteiger charge is -2.22. The van der Waals surface area contributed by atoms with E-state index in [1.54, 1.807) is 36.9 Å². The molecule has 7 heteroatoms. The van der Waals surface area contributed by atoms with Gasteiger partial charge >= 0.3 is 0 Å². The number of phenols is 1. The van der Waals surface area contributed by atoms with Gasteiger partial charge in [-0.25, -0.2) is 15.0 Å². The van der Waals surface area contributed by atoms with Gasteiger partial charge in [0.15, 0.2) is 5.82 Å². The molecule has 4 rings (SSSR count). The van der Waals surface area contributed by atoms with Crippen molar-refractivity contribution in [2.75, 3.05) is 5.32 Å². The Morgan fingerprint density at radius 3 is 2.88 bits per heavy atom. The molecule has 0 saturated heterocycles. The second kappa shape index (κ2) is 6.35. The molecule has 1 aromatic carbocycles. The number of amides is 1. The third-order valence-electron chi connectivity index (χ3n) is 4.37. The van der Waals surface area contributed by atoms with Gasteiger partial charge in [0.1, 0.15) is 5.75 Å². The van der Waals surface area contributed by atoms with E-state index in [4.69, 9.17) is 0 Å². The Labute approximate surface area is 144 Å². The molecule has 126 valence electrons. The first-order valence-corrected chi connectivity index (χ1v) is 8.10. The number of imidazole rings is 1. The number of aromatic hydroxyl groups is 1. The van der Waals surface area contributed by atoms with Crippen LogP contribution >= 0.6 is 0 Å². The van der Waals surface area contributed by atoms with Crippen LogP contribution in [0.3, 0.4) is 0 Å². The number of nitrogens with one attached hydrogen (secondary N) is 1. The Morgan fingerprint density at radius 2 is 2.08 bits per heavy atom. The summed E-state index contributed by atoms with van der Waals surface area (Å²) in [5, 5.41) is 12.4. The van der Waals surface area contributed by atoms with Crippen LogP contribution in [0.25, 0.3) is 11.4 Å². The first kappa shape index (κ1) is 15.3. The second-order valence-corrected chi connectivity index (χ2v) is 6.10. The van der Waals surface area contributed by atoms with Crippen LogP contribution in [-0.4, -0.2) is 30.5 Å². The molecule has 1 amide bonds. The summed E-state index contributed by atoms with van der Waals surface area (Å²) in [5.74, 6) is 0.557. The minimum atomic E-state index is -0.0741. The van der Waals surface area contributed by atoms with Crippen LogP contribution in [0.5, 0.6) is 5.75 Å². The molecule has 1 atom stereocenters. The van der Waals surface area contributed by atoms with E-state index in [2.05, 4.69) is 24.8 Å². The fraction of sp³-hybridized carbons (Fsp3) is 0.222. The molecule has 25 heavy (non-hydrogen) atoms. The number of benzene rings is 1. The van der Waals surface area contributed by atoms with Gasteiger partial charge in [-0.1, -0.05) is 12.1 Å². The van der Waals surface area contributed by atoms with Crippen molar-refractivity contribution in [2.24, 2.45) is 5.92 Å². The molecule has 3 aromatic rings. The lowest BCUT2D eigenvalue weighted by atomic mass is 9.95. The van der Waals surface area contributed by atoms with Crippen LogP contribution in [0.1, 0.15) is 12.1 Å². The third-order valence-corrected chi connectivity index (χ3v) is 4.37. The fourth-order valence-electron chi connectivity index (χ4n) is 3.02. The zero-order valence-electron chi connectivity index (χ0n) is 13.5. The maximum Gasteiger partial charge on any atom is 0.228 e. The lowest BCUT2D eigenvalue weighted by Crippen LogP contribution is -2.30. The SMILES string of the molecule is O=C(Nc1cnc(-c2cccc(O)c2)nc1)[C@H]1CCn2cncc2C1. The van der Waals surface area contributed by atoms with Crippen molar-refractivity contribution < 1.29 is 9.90 Å². The summed E-state index contributed by atoms with van der Waals surface area (Å²) in [6, 6.07) is 6.74. The zero-order valence-corrected chi connectivity index (χ0v) is 13.5.